The maximum absolute atomic E-state index is 2.58. The van der Waals surface area contributed by atoms with Crippen LogP contribution in [0.4, 0.5) is 0 Å². The van der Waals surface area contributed by atoms with E-state index in [0.717, 1.165) is 6.54 Å². The van der Waals surface area contributed by atoms with Crippen molar-refractivity contribution >= 4 is 0 Å². The van der Waals surface area contributed by atoms with E-state index in [2.05, 4.69) is 66.2 Å². The Morgan fingerprint density at radius 1 is 1.06 bits per heavy atom. The smallest absolute Gasteiger partial charge is 0.0469 e. The van der Waals surface area contributed by atoms with Gasteiger partial charge >= 0.3 is 0 Å². The van der Waals surface area contributed by atoms with Crippen molar-refractivity contribution in [3.8, 4) is 0 Å². The van der Waals surface area contributed by atoms with E-state index in [1.165, 1.54) is 31.7 Å². The Hall–Kier alpha value is -0.900. The Morgan fingerprint density at radius 3 is 2.22 bits per heavy atom. The van der Waals surface area contributed by atoms with Crippen LogP contribution in [0, 0.1) is 0 Å². The van der Waals surface area contributed by atoms with Crippen LogP contribution in [-0.4, -0.2) is 68.6 Å². The highest BCUT2D eigenvalue weighted by atomic mass is 15.3. The van der Waals surface area contributed by atoms with E-state index >= 15 is 0 Å². The normalized spacial score (nSPS) is 20.2. The minimum atomic E-state index is 0.495. The number of hydrogen-bond donors (Lipinski definition) is 0. The lowest BCUT2D eigenvalue weighted by atomic mass is 10.1. The molecule has 1 aromatic rings. The summed E-state index contributed by atoms with van der Waals surface area (Å²) in [6, 6.07) is 11.3. The average molecular weight is 247 g/mol. The summed E-state index contributed by atoms with van der Waals surface area (Å²) < 4.78 is 0. The second kappa shape index (κ2) is 6.32. The Kier molecular flexibility index (Phi) is 4.75. The summed E-state index contributed by atoms with van der Waals surface area (Å²) in [5.74, 6) is 0. The van der Waals surface area contributed by atoms with Crippen LogP contribution in [-0.2, 0) is 0 Å². The fraction of sp³-hybridized carbons (Fsp3) is 0.600. The molecule has 0 saturated carbocycles. The Bertz CT molecular complexity index is 342. The minimum absolute atomic E-state index is 0.495. The molecule has 1 aliphatic heterocycles. The molecule has 0 amide bonds. The van der Waals surface area contributed by atoms with E-state index in [0.29, 0.717) is 6.04 Å². The summed E-state index contributed by atoms with van der Waals surface area (Å²) in [6.45, 7) is 5.88. The predicted octanol–water partition coefficient (Wildman–Crippen LogP) is 1.54. The van der Waals surface area contributed by atoms with E-state index in [9.17, 15) is 0 Å². The van der Waals surface area contributed by atoms with E-state index in [1.54, 1.807) is 0 Å². The molecular weight excluding hydrogens is 222 g/mol. The highest BCUT2D eigenvalue weighted by molar-refractivity contribution is 5.19. The lowest BCUT2D eigenvalue weighted by molar-refractivity contribution is 0.120. The Labute approximate surface area is 111 Å². The van der Waals surface area contributed by atoms with Gasteiger partial charge in [0.25, 0.3) is 0 Å². The first-order valence-electron chi connectivity index (χ1n) is 6.79. The Balaban J connectivity index is 1.99. The topological polar surface area (TPSA) is 9.72 Å². The molecule has 3 heteroatoms. The third-order valence-electron chi connectivity index (χ3n) is 3.83. The van der Waals surface area contributed by atoms with E-state index < -0.39 is 0 Å². The molecule has 0 aliphatic carbocycles. The van der Waals surface area contributed by atoms with Gasteiger partial charge in [-0.3, -0.25) is 4.90 Å². The predicted molar refractivity (Wildman–Crippen MR) is 76.8 cm³/mol. The first kappa shape index (κ1) is 13.5. The maximum Gasteiger partial charge on any atom is 0.0469 e. The van der Waals surface area contributed by atoms with Gasteiger partial charge < -0.3 is 9.80 Å². The van der Waals surface area contributed by atoms with E-state index in [1.807, 2.05) is 0 Å². The zero-order valence-electron chi connectivity index (χ0n) is 11.8. The maximum atomic E-state index is 2.58. The number of hydrogen-bond acceptors (Lipinski definition) is 3. The van der Waals surface area contributed by atoms with Gasteiger partial charge in [-0.2, -0.15) is 0 Å². The van der Waals surface area contributed by atoms with E-state index in [4.69, 9.17) is 0 Å². The van der Waals surface area contributed by atoms with Crippen molar-refractivity contribution in [1.82, 2.24) is 14.7 Å². The highest BCUT2D eigenvalue weighted by Crippen LogP contribution is 2.19. The third-order valence-corrected chi connectivity index (χ3v) is 3.83. The molecule has 100 valence electrons. The SMILES string of the molecule is CN1CCN(CC(c2ccccc2)N(C)C)CC1. The van der Waals surface area contributed by atoms with Gasteiger partial charge in [0.2, 0.25) is 0 Å². The quantitative estimate of drug-likeness (QED) is 0.799. The molecule has 18 heavy (non-hydrogen) atoms. The van der Waals surface area contributed by atoms with E-state index in [-0.39, 0.29) is 0 Å². The lowest BCUT2D eigenvalue weighted by Crippen LogP contribution is -2.47. The van der Waals surface area contributed by atoms with Crippen molar-refractivity contribution in [2.24, 2.45) is 0 Å². The molecule has 2 rings (SSSR count). The first-order chi connectivity index (χ1) is 8.66. The summed E-state index contributed by atoms with van der Waals surface area (Å²) >= 11 is 0. The highest BCUT2D eigenvalue weighted by Gasteiger charge is 2.20. The standard InChI is InChI=1S/C15H25N3/c1-16(2)15(14-7-5-4-6-8-14)13-18-11-9-17(3)10-12-18/h4-8,15H,9-13H2,1-3H3. The summed E-state index contributed by atoms with van der Waals surface area (Å²) in [7, 11) is 6.56. The van der Waals surface area contributed by atoms with Crippen molar-refractivity contribution in [1.29, 1.82) is 0 Å². The molecule has 1 saturated heterocycles. The van der Waals surface area contributed by atoms with Crippen LogP contribution < -0.4 is 0 Å². The molecule has 1 atom stereocenters. The summed E-state index contributed by atoms with van der Waals surface area (Å²) in [5, 5.41) is 0. The first-order valence-corrected chi connectivity index (χ1v) is 6.79. The number of nitrogens with zero attached hydrogens (tertiary/aromatic N) is 3. The molecule has 1 aliphatic rings. The van der Waals surface area contributed by atoms with Crippen molar-refractivity contribution in [3.63, 3.8) is 0 Å². The van der Waals surface area contributed by atoms with Gasteiger partial charge in [0.1, 0.15) is 0 Å². The van der Waals surface area contributed by atoms with Gasteiger partial charge in [0, 0.05) is 38.8 Å². The molecule has 0 spiro atoms. The fourth-order valence-corrected chi connectivity index (χ4v) is 2.52. The molecule has 0 bridgehead atoms. The average Bonchev–Trinajstić information content (AvgIpc) is 2.38. The van der Waals surface area contributed by atoms with Crippen LogP contribution in [0.5, 0.6) is 0 Å². The monoisotopic (exact) mass is 247 g/mol. The zero-order valence-corrected chi connectivity index (χ0v) is 11.8. The van der Waals surface area contributed by atoms with Gasteiger partial charge in [-0.1, -0.05) is 30.3 Å². The van der Waals surface area contributed by atoms with Gasteiger partial charge in [-0.15, -0.1) is 0 Å². The van der Waals surface area contributed by atoms with Crippen LogP contribution in [0.15, 0.2) is 30.3 Å². The molecule has 0 radical (unpaired) electrons. The van der Waals surface area contributed by atoms with Crippen LogP contribution >= 0.6 is 0 Å². The number of rotatable bonds is 4. The molecular formula is C15H25N3. The molecule has 1 heterocycles. The third kappa shape index (κ3) is 3.55. The second-order valence-corrected chi connectivity index (χ2v) is 5.49. The molecule has 3 nitrogen and oxygen atoms in total. The van der Waals surface area contributed by atoms with Crippen molar-refractivity contribution < 1.29 is 0 Å². The van der Waals surface area contributed by atoms with Gasteiger partial charge in [0.15, 0.2) is 0 Å². The molecule has 1 aromatic carbocycles. The molecule has 0 aromatic heterocycles. The lowest BCUT2D eigenvalue weighted by Gasteiger charge is -2.36. The van der Waals surface area contributed by atoms with Crippen molar-refractivity contribution in [2.75, 3.05) is 53.9 Å². The second-order valence-electron chi connectivity index (χ2n) is 5.49. The van der Waals surface area contributed by atoms with Gasteiger partial charge in [-0.25, -0.2) is 0 Å². The van der Waals surface area contributed by atoms with Crippen molar-refractivity contribution in [3.05, 3.63) is 35.9 Å². The summed E-state index contributed by atoms with van der Waals surface area (Å²) in [4.78, 5) is 7.31. The van der Waals surface area contributed by atoms with Gasteiger partial charge in [0.05, 0.1) is 0 Å². The molecule has 1 unspecified atom stereocenters. The minimum Gasteiger partial charge on any atom is -0.304 e. The van der Waals surface area contributed by atoms with Gasteiger partial charge in [-0.05, 0) is 26.7 Å². The number of likely N-dealkylation sites (N-methyl/N-ethyl adjacent to an activating group) is 2. The number of benzene rings is 1. The zero-order chi connectivity index (χ0) is 13.0. The van der Waals surface area contributed by atoms with Crippen LogP contribution in [0.2, 0.25) is 0 Å². The Morgan fingerprint density at radius 2 is 1.67 bits per heavy atom. The summed E-state index contributed by atoms with van der Waals surface area (Å²) in [5.41, 5.74) is 1.42. The fourth-order valence-electron chi connectivity index (χ4n) is 2.52. The summed E-state index contributed by atoms with van der Waals surface area (Å²) in [6.07, 6.45) is 0. The van der Waals surface area contributed by atoms with Crippen LogP contribution in [0.25, 0.3) is 0 Å². The largest absolute Gasteiger partial charge is 0.304 e. The molecule has 1 fully saturated rings. The number of piperazine rings is 1. The van der Waals surface area contributed by atoms with Crippen LogP contribution in [0.1, 0.15) is 11.6 Å². The molecule has 0 N–H and O–H groups in total. The van der Waals surface area contributed by atoms with Crippen LogP contribution in [0.3, 0.4) is 0 Å². The van der Waals surface area contributed by atoms with Crippen molar-refractivity contribution in [2.45, 2.75) is 6.04 Å².